The number of rotatable bonds is 5. The Morgan fingerprint density at radius 3 is 2.36 bits per heavy atom. The van der Waals surface area contributed by atoms with Crippen LogP contribution in [0.2, 0.25) is 0 Å². The molecule has 3 N–H and O–H groups in total. The van der Waals surface area contributed by atoms with Gasteiger partial charge < -0.3 is 5.32 Å². The zero-order valence-electron chi connectivity index (χ0n) is 14.1. The summed E-state index contributed by atoms with van der Waals surface area (Å²) in [6.07, 6.45) is 0. The fraction of sp³-hybridized carbons (Fsp3) is 0.222. The third kappa shape index (κ3) is 7.11. The van der Waals surface area contributed by atoms with Gasteiger partial charge in [0.25, 0.3) is 0 Å². The van der Waals surface area contributed by atoms with Crippen LogP contribution in [0.25, 0.3) is 0 Å². The molecule has 25 heavy (non-hydrogen) atoms. The first-order valence-corrected chi connectivity index (χ1v) is 9.25. The van der Waals surface area contributed by atoms with Crippen molar-refractivity contribution in [1.29, 1.82) is 0 Å². The van der Waals surface area contributed by atoms with Crippen LogP contribution in [0.4, 0.5) is 10.1 Å². The van der Waals surface area contributed by atoms with Crippen LogP contribution in [0.1, 0.15) is 16.7 Å². The number of nitrogens with one attached hydrogen (secondary N) is 3. The fourth-order valence-electron chi connectivity index (χ4n) is 2.21. The first-order valence-electron chi connectivity index (χ1n) is 7.69. The Morgan fingerprint density at radius 2 is 1.72 bits per heavy atom. The summed E-state index contributed by atoms with van der Waals surface area (Å²) in [5, 5.41) is 3.35. The molecule has 1 amide bonds. The summed E-state index contributed by atoms with van der Waals surface area (Å²) in [7, 11) is 0. The summed E-state index contributed by atoms with van der Waals surface area (Å²) >= 11 is 6.60. The molecule has 0 fully saturated rings. The zero-order chi connectivity index (χ0) is 18.2. The number of amides is 1. The Kier molecular flexibility index (Phi) is 7.21. The normalized spacial score (nSPS) is 10.2. The van der Waals surface area contributed by atoms with Crippen LogP contribution < -0.4 is 16.2 Å². The van der Waals surface area contributed by atoms with Crippen molar-refractivity contribution in [2.24, 2.45) is 0 Å². The molecule has 0 atom stereocenters. The minimum absolute atomic E-state index is 0.184. The number of anilines is 1. The van der Waals surface area contributed by atoms with Crippen LogP contribution in [0, 0.1) is 19.7 Å². The maximum Gasteiger partial charge on any atom is 0.248 e. The first-order chi connectivity index (χ1) is 11.9. The summed E-state index contributed by atoms with van der Waals surface area (Å²) < 4.78 is 12.8. The standard InChI is InChI=1S/C18H20FN3OS2/c1-12-7-13(2)9-16(8-12)20-18(24)22-21-17(23)11-25-10-14-3-5-15(19)6-4-14/h3-9H,10-11H2,1-2H3,(H,21,23)(H2,20,22,24). The van der Waals surface area contributed by atoms with Gasteiger partial charge >= 0.3 is 0 Å². The number of carbonyl (C=O) groups is 1. The number of hydrogen-bond donors (Lipinski definition) is 3. The monoisotopic (exact) mass is 377 g/mol. The highest BCUT2D eigenvalue weighted by Gasteiger charge is 2.04. The Bertz CT molecular complexity index is 730. The molecule has 132 valence electrons. The highest BCUT2D eigenvalue weighted by molar-refractivity contribution is 7.99. The van der Waals surface area contributed by atoms with Crippen molar-refractivity contribution < 1.29 is 9.18 Å². The summed E-state index contributed by atoms with van der Waals surface area (Å²) in [6.45, 7) is 4.02. The zero-order valence-corrected chi connectivity index (χ0v) is 15.7. The van der Waals surface area contributed by atoms with E-state index >= 15 is 0 Å². The van der Waals surface area contributed by atoms with Crippen molar-refractivity contribution in [3.05, 3.63) is 65.0 Å². The predicted molar refractivity (Wildman–Crippen MR) is 106 cm³/mol. The average Bonchev–Trinajstić information content (AvgIpc) is 2.54. The second kappa shape index (κ2) is 9.39. The summed E-state index contributed by atoms with van der Waals surface area (Å²) in [5.74, 6) is 0.465. The number of aryl methyl sites for hydroxylation is 2. The van der Waals surface area contributed by atoms with Gasteiger partial charge in [-0.1, -0.05) is 18.2 Å². The van der Waals surface area contributed by atoms with Crippen molar-refractivity contribution in [2.45, 2.75) is 19.6 Å². The van der Waals surface area contributed by atoms with E-state index in [0.717, 1.165) is 22.4 Å². The van der Waals surface area contributed by atoms with E-state index in [0.29, 0.717) is 10.9 Å². The minimum atomic E-state index is -0.263. The van der Waals surface area contributed by atoms with Gasteiger partial charge in [-0.25, -0.2) is 4.39 Å². The van der Waals surface area contributed by atoms with E-state index in [1.807, 2.05) is 26.0 Å². The van der Waals surface area contributed by atoms with Crippen molar-refractivity contribution in [1.82, 2.24) is 10.9 Å². The smallest absolute Gasteiger partial charge is 0.248 e. The minimum Gasteiger partial charge on any atom is -0.331 e. The summed E-state index contributed by atoms with van der Waals surface area (Å²) in [6, 6.07) is 12.3. The molecule has 2 rings (SSSR count). The molecule has 0 spiro atoms. The van der Waals surface area contributed by atoms with Crippen molar-refractivity contribution in [3.8, 4) is 0 Å². The molecule has 0 radical (unpaired) electrons. The molecule has 0 unspecified atom stereocenters. The summed E-state index contributed by atoms with van der Waals surface area (Å²) in [4.78, 5) is 11.8. The van der Waals surface area contributed by atoms with Gasteiger partial charge in [0, 0.05) is 11.4 Å². The fourth-order valence-corrected chi connectivity index (χ4v) is 3.17. The molecule has 0 aliphatic heterocycles. The van der Waals surface area contributed by atoms with Crippen LogP contribution in [-0.4, -0.2) is 16.8 Å². The van der Waals surface area contributed by atoms with Crippen molar-refractivity contribution in [2.75, 3.05) is 11.1 Å². The maximum absolute atomic E-state index is 12.8. The molecule has 7 heteroatoms. The van der Waals surface area contributed by atoms with E-state index < -0.39 is 0 Å². The van der Waals surface area contributed by atoms with Crippen LogP contribution in [0.5, 0.6) is 0 Å². The quantitative estimate of drug-likeness (QED) is 0.548. The van der Waals surface area contributed by atoms with Crippen LogP contribution in [0.3, 0.4) is 0 Å². The SMILES string of the molecule is Cc1cc(C)cc(NC(=S)NNC(=O)CSCc2ccc(F)cc2)c1. The molecule has 0 bridgehead atoms. The van der Waals surface area contributed by atoms with Crippen LogP contribution >= 0.6 is 24.0 Å². The van der Waals surface area contributed by atoms with E-state index in [9.17, 15) is 9.18 Å². The van der Waals surface area contributed by atoms with Crippen LogP contribution in [0.15, 0.2) is 42.5 Å². The first kappa shape index (κ1) is 19.2. The molecular formula is C18H20FN3OS2. The third-order valence-corrected chi connectivity index (χ3v) is 4.42. The van der Waals surface area contributed by atoms with Crippen molar-refractivity contribution >= 4 is 40.7 Å². The molecule has 2 aromatic carbocycles. The van der Waals surface area contributed by atoms with Gasteiger partial charge in [0.15, 0.2) is 5.11 Å². The molecule has 0 aliphatic carbocycles. The third-order valence-electron chi connectivity index (χ3n) is 3.21. The van der Waals surface area contributed by atoms with Gasteiger partial charge in [-0.15, -0.1) is 11.8 Å². The number of thiocarbonyl (C=S) groups is 1. The second-order valence-electron chi connectivity index (χ2n) is 5.62. The molecular weight excluding hydrogens is 357 g/mol. The number of carbonyl (C=O) groups excluding carboxylic acids is 1. The number of halogens is 1. The largest absolute Gasteiger partial charge is 0.331 e. The van der Waals surface area contributed by atoms with Crippen molar-refractivity contribution in [3.63, 3.8) is 0 Å². The predicted octanol–water partition coefficient (Wildman–Crippen LogP) is 3.69. The number of thioether (sulfide) groups is 1. The highest BCUT2D eigenvalue weighted by atomic mass is 32.2. The van der Waals surface area contributed by atoms with Gasteiger partial charge in [-0.2, -0.15) is 0 Å². The Morgan fingerprint density at radius 1 is 1.08 bits per heavy atom. The second-order valence-corrected chi connectivity index (χ2v) is 7.02. The molecule has 0 aliphatic rings. The lowest BCUT2D eigenvalue weighted by molar-refractivity contribution is -0.119. The van der Waals surface area contributed by atoms with Gasteiger partial charge in [0.1, 0.15) is 5.82 Å². The molecule has 4 nitrogen and oxygen atoms in total. The number of hydrogen-bond acceptors (Lipinski definition) is 3. The molecule has 0 aromatic heterocycles. The van der Waals surface area contributed by atoms with Gasteiger partial charge in [0.2, 0.25) is 5.91 Å². The van der Waals surface area contributed by atoms with Gasteiger partial charge in [-0.05, 0) is 67.0 Å². The molecule has 2 aromatic rings. The van der Waals surface area contributed by atoms with Gasteiger partial charge in [0.05, 0.1) is 5.75 Å². The lowest BCUT2D eigenvalue weighted by Crippen LogP contribution is -2.44. The van der Waals surface area contributed by atoms with E-state index in [2.05, 4.69) is 22.2 Å². The lowest BCUT2D eigenvalue weighted by Gasteiger charge is -2.12. The molecule has 0 heterocycles. The average molecular weight is 378 g/mol. The maximum atomic E-state index is 12.8. The Hall–Kier alpha value is -2.12. The van der Waals surface area contributed by atoms with E-state index in [1.165, 1.54) is 23.9 Å². The molecule has 0 saturated carbocycles. The van der Waals surface area contributed by atoms with Gasteiger partial charge in [-0.3, -0.25) is 15.6 Å². The highest BCUT2D eigenvalue weighted by Crippen LogP contribution is 2.14. The van der Waals surface area contributed by atoms with Crippen LogP contribution in [-0.2, 0) is 10.5 Å². The van der Waals surface area contributed by atoms with E-state index in [4.69, 9.17) is 12.2 Å². The Labute approximate surface area is 156 Å². The summed E-state index contributed by atoms with van der Waals surface area (Å²) in [5.41, 5.74) is 9.34. The molecule has 0 saturated heterocycles. The Balaban J connectivity index is 1.68. The topological polar surface area (TPSA) is 53.2 Å². The van der Waals surface area contributed by atoms with E-state index in [-0.39, 0.29) is 17.5 Å². The lowest BCUT2D eigenvalue weighted by atomic mass is 10.1. The van der Waals surface area contributed by atoms with E-state index in [1.54, 1.807) is 12.1 Å². The number of benzene rings is 2. The number of hydrazine groups is 1.